The van der Waals surface area contributed by atoms with Crippen LogP contribution in [-0.4, -0.2) is 19.2 Å². The molecule has 0 bridgehead atoms. The molecule has 2 nitrogen and oxygen atoms in total. The maximum atomic E-state index is 5.82. The third-order valence-corrected chi connectivity index (χ3v) is 4.79. The van der Waals surface area contributed by atoms with E-state index in [1.165, 1.54) is 31.2 Å². The molecule has 1 aliphatic carbocycles. The highest BCUT2D eigenvalue weighted by atomic mass is 16.5. The molecule has 1 fully saturated rings. The fraction of sp³-hybridized carbons (Fsp3) is 0.647. The Kier molecular flexibility index (Phi) is 4.07. The van der Waals surface area contributed by atoms with Crippen molar-refractivity contribution in [3.63, 3.8) is 0 Å². The summed E-state index contributed by atoms with van der Waals surface area (Å²) in [5.74, 6) is 2.60. The van der Waals surface area contributed by atoms with Crippen molar-refractivity contribution in [3.8, 4) is 5.75 Å². The Morgan fingerprint density at radius 2 is 2.00 bits per heavy atom. The smallest absolute Gasteiger partial charge is 0.122 e. The molecule has 1 aromatic rings. The van der Waals surface area contributed by atoms with E-state index in [0.29, 0.717) is 12.0 Å². The van der Waals surface area contributed by atoms with Gasteiger partial charge in [-0.15, -0.1) is 0 Å². The van der Waals surface area contributed by atoms with E-state index in [0.717, 1.165) is 31.2 Å². The van der Waals surface area contributed by atoms with Crippen LogP contribution in [0.15, 0.2) is 24.3 Å². The van der Waals surface area contributed by atoms with E-state index >= 15 is 0 Å². The number of ether oxygens (including phenoxy) is 1. The van der Waals surface area contributed by atoms with E-state index in [1.54, 1.807) is 0 Å². The molecule has 104 valence electrons. The highest BCUT2D eigenvalue weighted by Crippen LogP contribution is 2.41. The molecule has 2 unspecified atom stereocenters. The molecule has 1 saturated carbocycles. The number of fused-ring (bicyclic) bond motifs is 1. The first-order valence-electron chi connectivity index (χ1n) is 7.85. The minimum Gasteiger partial charge on any atom is -0.493 e. The van der Waals surface area contributed by atoms with Crippen LogP contribution in [0, 0.1) is 5.92 Å². The fourth-order valence-corrected chi connectivity index (χ4v) is 3.93. The van der Waals surface area contributed by atoms with Crippen molar-refractivity contribution in [1.82, 2.24) is 5.32 Å². The lowest BCUT2D eigenvalue weighted by Crippen LogP contribution is -2.42. The molecule has 1 N–H and O–H groups in total. The average Bonchev–Trinajstić information content (AvgIpc) is 2.98. The van der Waals surface area contributed by atoms with Crippen molar-refractivity contribution in [3.05, 3.63) is 29.8 Å². The molecular formula is C17H25NO. The molecule has 2 aliphatic rings. The normalized spacial score (nSPS) is 24.8. The summed E-state index contributed by atoms with van der Waals surface area (Å²) in [4.78, 5) is 0. The van der Waals surface area contributed by atoms with Crippen LogP contribution in [0.3, 0.4) is 0 Å². The van der Waals surface area contributed by atoms with Gasteiger partial charge in [0.15, 0.2) is 0 Å². The second kappa shape index (κ2) is 5.96. The molecule has 0 aromatic heterocycles. The number of benzene rings is 1. The monoisotopic (exact) mass is 259 g/mol. The first-order valence-corrected chi connectivity index (χ1v) is 7.85. The number of hydrogen-bond acceptors (Lipinski definition) is 2. The molecule has 2 atom stereocenters. The van der Waals surface area contributed by atoms with Gasteiger partial charge in [0, 0.05) is 12.0 Å². The maximum Gasteiger partial charge on any atom is 0.122 e. The number of para-hydroxylation sites is 1. The summed E-state index contributed by atoms with van der Waals surface area (Å²) in [6.45, 7) is 4.17. The summed E-state index contributed by atoms with van der Waals surface area (Å²) in [6, 6.07) is 9.26. The second-order valence-corrected chi connectivity index (χ2v) is 5.91. The van der Waals surface area contributed by atoms with E-state index in [2.05, 4.69) is 36.5 Å². The zero-order chi connectivity index (χ0) is 13.1. The van der Waals surface area contributed by atoms with Crippen LogP contribution in [0.1, 0.15) is 50.5 Å². The van der Waals surface area contributed by atoms with Crippen LogP contribution in [-0.2, 0) is 0 Å². The van der Waals surface area contributed by atoms with Crippen LogP contribution < -0.4 is 10.1 Å². The maximum absolute atomic E-state index is 5.82. The summed E-state index contributed by atoms with van der Waals surface area (Å²) in [5.41, 5.74) is 1.42. The molecule has 0 amide bonds. The Hall–Kier alpha value is -1.02. The van der Waals surface area contributed by atoms with Gasteiger partial charge in [-0.1, -0.05) is 38.0 Å². The zero-order valence-corrected chi connectivity index (χ0v) is 11.9. The van der Waals surface area contributed by atoms with Gasteiger partial charge in [-0.2, -0.15) is 0 Å². The lowest BCUT2D eigenvalue weighted by Gasteiger charge is -2.36. The van der Waals surface area contributed by atoms with Gasteiger partial charge in [-0.3, -0.25) is 0 Å². The quantitative estimate of drug-likeness (QED) is 0.889. The Morgan fingerprint density at radius 1 is 1.21 bits per heavy atom. The van der Waals surface area contributed by atoms with Crippen molar-refractivity contribution in [1.29, 1.82) is 0 Å². The highest BCUT2D eigenvalue weighted by molar-refractivity contribution is 5.38. The number of rotatable bonds is 4. The number of nitrogens with one attached hydrogen (secondary N) is 1. The minimum absolute atomic E-state index is 0.632. The van der Waals surface area contributed by atoms with Crippen molar-refractivity contribution in [2.75, 3.05) is 13.2 Å². The minimum atomic E-state index is 0.632. The fourth-order valence-electron chi connectivity index (χ4n) is 3.93. The number of hydrogen-bond donors (Lipinski definition) is 1. The SMILES string of the molecule is CCNC(C1CCCC1)C1CCOc2ccccc21. The Bertz CT molecular complexity index is 411. The lowest BCUT2D eigenvalue weighted by molar-refractivity contribution is 0.219. The summed E-state index contributed by atoms with van der Waals surface area (Å²) >= 11 is 0. The van der Waals surface area contributed by atoms with E-state index in [4.69, 9.17) is 4.74 Å². The van der Waals surface area contributed by atoms with Crippen LogP contribution >= 0.6 is 0 Å². The Balaban J connectivity index is 1.86. The standard InChI is InChI=1S/C17H25NO/c1-2-18-17(13-7-3-4-8-13)15-11-12-19-16-10-6-5-9-14(15)16/h5-6,9-10,13,15,17-18H,2-4,7-8,11-12H2,1H3. The third kappa shape index (κ3) is 2.64. The first kappa shape index (κ1) is 13.0. The molecule has 1 aromatic carbocycles. The first-order chi connectivity index (χ1) is 9.40. The molecule has 1 heterocycles. The van der Waals surface area contributed by atoms with Crippen LogP contribution in [0.5, 0.6) is 5.75 Å². The van der Waals surface area contributed by atoms with Gasteiger partial charge in [-0.05, 0) is 43.4 Å². The van der Waals surface area contributed by atoms with Crippen LogP contribution in [0.4, 0.5) is 0 Å². The van der Waals surface area contributed by atoms with Gasteiger partial charge in [0.1, 0.15) is 5.75 Å². The summed E-state index contributed by atoms with van der Waals surface area (Å²) in [5, 5.41) is 3.78. The van der Waals surface area contributed by atoms with Crippen molar-refractivity contribution in [2.45, 2.75) is 51.0 Å². The van der Waals surface area contributed by atoms with Gasteiger partial charge in [0.2, 0.25) is 0 Å². The third-order valence-electron chi connectivity index (χ3n) is 4.79. The van der Waals surface area contributed by atoms with Crippen molar-refractivity contribution in [2.24, 2.45) is 5.92 Å². The molecule has 19 heavy (non-hydrogen) atoms. The van der Waals surface area contributed by atoms with Crippen molar-refractivity contribution >= 4 is 0 Å². The molecule has 1 aliphatic heterocycles. The molecule has 0 saturated heterocycles. The van der Waals surface area contributed by atoms with Gasteiger partial charge in [-0.25, -0.2) is 0 Å². The Labute approximate surface area is 116 Å². The topological polar surface area (TPSA) is 21.3 Å². The van der Waals surface area contributed by atoms with E-state index in [-0.39, 0.29) is 0 Å². The second-order valence-electron chi connectivity index (χ2n) is 5.91. The molecule has 2 heteroatoms. The van der Waals surface area contributed by atoms with Crippen LogP contribution in [0.2, 0.25) is 0 Å². The van der Waals surface area contributed by atoms with Gasteiger partial charge in [0.25, 0.3) is 0 Å². The van der Waals surface area contributed by atoms with E-state index in [1.807, 2.05) is 0 Å². The van der Waals surface area contributed by atoms with Gasteiger partial charge in [0.05, 0.1) is 6.61 Å². The van der Waals surface area contributed by atoms with Crippen LogP contribution in [0.25, 0.3) is 0 Å². The van der Waals surface area contributed by atoms with Crippen molar-refractivity contribution < 1.29 is 4.74 Å². The molecule has 0 radical (unpaired) electrons. The molecular weight excluding hydrogens is 234 g/mol. The van der Waals surface area contributed by atoms with Gasteiger partial charge < -0.3 is 10.1 Å². The number of likely N-dealkylation sites (N-methyl/N-ethyl adjacent to an activating group) is 1. The molecule has 3 rings (SSSR count). The highest BCUT2D eigenvalue weighted by Gasteiger charge is 2.34. The predicted molar refractivity (Wildman–Crippen MR) is 78.7 cm³/mol. The average molecular weight is 259 g/mol. The van der Waals surface area contributed by atoms with E-state index < -0.39 is 0 Å². The summed E-state index contributed by atoms with van der Waals surface area (Å²) < 4.78 is 5.82. The zero-order valence-electron chi connectivity index (χ0n) is 11.9. The van der Waals surface area contributed by atoms with E-state index in [9.17, 15) is 0 Å². The Morgan fingerprint density at radius 3 is 2.79 bits per heavy atom. The summed E-state index contributed by atoms with van der Waals surface area (Å²) in [7, 11) is 0. The van der Waals surface area contributed by atoms with Gasteiger partial charge >= 0.3 is 0 Å². The lowest BCUT2D eigenvalue weighted by atomic mass is 9.79. The molecule has 0 spiro atoms. The largest absolute Gasteiger partial charge is 0.493 e. The summed E-state index contributed by atoms with van der Waals surface area (Å²) in [6.07, 6.45) is 6.79. The predicted octanol–water partition coefficient (Wildman–Crippen LogP) is 3.72.